The van der Waals surface area contributed by atoms with Crippen LogP contribution in [-0.2, 0) is 10.0 Å². The second kappa shape index (κ2) is 9.13. The van der Waals surface area contributed by atoms with E-state index in [1.165, 1.54) is 49.7 Å². The van der Waals surface area contributed by atoms with E-state index >= 15 is 0 Å². The number of phenolic OH excluding ortho intramolecular Hbond substituents is 1. The molecule has 0 unspecified atom stereocenters. The number of nitro benzene ring substituents is 1. The monoisotopic (exact) mass is 442 g/mol. The number of methoxy groups -OCH3 is 1. The number of sulfonamides is 1. The van der Waals surface area contributed by atoms with Gasteiger partial charge in [0.2, 0.25) is 0 Å². The van der Waals surface area contributed by atoms with Gasteiger partial charge in [0, 0.05) is 17.8 Å². The number of nitrogens with zero attached hydrogens (tertiary/aromatic N) is 2. The molecule has 0 heterocycles. The highest BCUT2D eigenvalue weighted by Crippen LogP contribution is 2.29. The second-order valence-electron chi connectivity index (χ2n) is 6.24. The minimum absolute atomic E-state index is 0.0306. The van der Waals surface area contributed by atoms with E-state index in [2.05, 4.69) is 15.2 Å². The first kappa shape index (κ1) is 21.6. The van der Waals surface area contributed by atoms with Crippen molar-refractivity contribution >= 4 is 33.3 Å². The van der Waals surface area contributed by atoms with Crippen LogP contribution in [0, 0.1) is 10.1 Å². The Kier molecular flexibility index (Phi) is 6.36. The molecule has 0 aliphatic carbocycles. The number of nitrogens with one attached hydrogen (secondary N) is 2. The zero-order valence-corrected chi connectivity index (χ0v) is 17.0. The molecule has 0 radical (unpaired) electrons. The minimum Gasteiger partial charge on any atom is -0.508 e. The van der Waals surface area contributed by atoms with Crippen molar-refractivity contribution in [2.45, 2.75) is 4.90 Å². The highest BCUT2D eigenvalue weighted by molar-refractivity contribution is 7.92. The Morgan fingerprint density at radius 2 is 1.84 bits per heavy atom. The van der Waals surface area contributed by atoms with E-state index in [9.17, 15) is 23.6 Å². The van der Waals surface area contributed by atoms with Crippen molar-refractivity contribution in [2.24, 2.45) is 5.10 Å². The Labute approximate surface area is 178 Å². The lowest BCUT2D eigenvalue weighted by Gasteiger charge is -2.12. The lowest BCUT2D eigenvalue weighted by Crippen LogP contribution is -2.15. The Morgan fingerprint density at radius 1 is 1.10 bits per heavy atom. The maximum atomic E-state index is 12.9. The molecule has 0 aromatic heterocycles. The van der Waals surface area contributed by atoms with Gasteiger partial charge in [-0.3, -0.25) is 20.3 Å². The van der Waals surface area contributed by atoms with Gasteiger partial charge >= 0.3 is 0 Å². The van der Waals surface area contributed by atoms with Crippen molar-refractivity contribution in [3.63, 3.8) is 0 Å². The van der Waals surface area contributed by atoms with Crippen molar-refractivity contribution in [1.29, 1.82) is 0 Å². The predicted octanol–water partition coefficient (Wildman–Crippen LogP) is 3.56. The van der Waals surface area contributed by atoms with Crippen LogP contribution in [0.1, 0.15) is 5.56 Å². The van der Waals surface area contributed by atoms with Gasteiger partial charge in [0.15, 0.2) is 0 Å². The van der Waals surface area contributed by atoms with Gasteiger partial charge in [-0.15, -0.1) is 0 Å². The van der Waals surface area contributed by atoms with Crippen LogP contribution in [-0.4, -0.2) is 31.8 Å². The van der Waals surface area contributed by atoms with Crippen LogP contribution in [0.3, 0.4) is 0 Å². The molecule has 0 fully saturated rings. The van der Waals surface area contributed by atoms with E-state index in [1.54, 1.807) is 24.3 Å². The molecule has 160 valence electrons. The summed E-state index contributed by atoms with van der Waals surface area (Å²) in [5.41, 5.74) is 3.04. The van der Waals surface area contributed by atoms with Gasteiger partial charge in [0.05, 0.1) is 23.9 Å². The molecule has 0 atom stereocenters. The third-order valence-corrected chi connectivity index (χ3v) is 5.50. The molecule has 0 spiro atoms. The third kappa shape index (κ3) is 5.48. The molecular weight excluding hydrogens is 424 g/mol. The Bertz CT molecular complexity index is 1230. The summed E-state index contributed by atoms with van der Waals surface area (Å²) in [6.07, 6.45) is 1.37. The largest absolute Gasteiger partial charge is 0.508 e. The van der Waals surface area contributed by atoms with E-state index in [0.29, 0.717) is 11.3 Å². The number of hydrogen-bond donors (Lipinski definition) is 3. The number of rotatable bonds is 8. The first-order chi connectivity index (χ1) is 14.8. The van der Waals surface area contributed by atoms with Crippen molar-refractivity contribution in [3.05, 3.63) is 82.4 Å². The molecule has 0 saturated heterocycles. The number of nitro groups is 1. The number of ether oxygens (including phenoxy) is 1. The van der Waals surface area contributed by atoms with Gasteiger partial charge < -0.3 is 9.84 Å². The number of non-ortho nitro benzene ring substituents is 1. The predicted molar refractivity (Wildman–Crippen MR) is 116 cm³/mol. The van der Waals surface area contributed by atoms with Gasteiger partial charge in [-0.1, -0.05) is 12.1 Å². The molecule has 0 aliphatic heterocycles. The summed E-state index contributed by atoms with van der Waals surface area (Å²) < 4.78 is 33.3. The Hall–Kier alpha value is -4.12. The normalized spacial score (nSPS) is 11.3. The quantitative estimate of drug-likeness (QED) is 0.275. The number of hydrogen-bond acceptors (Lipinski definition) is 8. The first-order valence-corrected chi connectivity index (χ1v) is 10.3. The summed E-state index contributed by atoms with van der Waals surface area (Å²) >= 11 is 0. The average molecular weight is 442 g/mol. The van der Waals surface area contributed by atoms with Gasteiger partial charge in [-0.05, 0) is 48.0 Å². The summed E-state index contributed by atoms with van der Waals surface area (Å²) in [5.74, 6) is 0.591. The van der Waals surface area contributed by atoms with Crippen molar-refractivity contribution < 1.29 is 23.2 Å². The fourth-order valence-corrected chi connectivity index (χ4v) is 3.83. The van der Waals surface area contributed by atoms with E-state index in [0.717, 1.165) is 6.07 Å². The van der Waals surface area contributed by atoms with Gasteiger partial charge in [-0.2, -0.15) is 5.10 Å². The van der Waals surface area contributed by atoms with Crippen LogP contribution < -0.4 is 14.9 Å². The molecular formula is C20H18N4O6S. The standard InChI is InChI=1S/C20H18N4O6S/c1-30-18-8-5-15(6-9-18)23-31(28,29)20-12-16(24(26)27)7-10-19(20)22-21-13-14-3-2-4-17(25)11-14/h2-13,22-23,25H,1H3/b21-13+. The lowest BCUT2D eigenvalue weighted by molar-refractivity contribution is -0.385. The summed E-state index contributed by atoms with van der Waals surface area (Å²) in [6, 6.07) is 15.8. The van der Waals surface area contributed by atoms with Gasteiger partial charge in [0.25, 0.3) is 15.7 Å². The van der Waals surface area contributed by atoms with E-state index in [4.69, 9.17) is 4.74 Å². The van der Waals surface area contributed by atoms with E-state index in [1.807, 2.05) is 0 Å². The van der Waals surface area contributed by atoms with Crippen molar-refractivity contribution in [3.8, 4) is 11.5 Å². The lowest BCUT2D eigenvalue weighted by atomic mass is 10.2. The fraction of sp³-hybridized carbons (Fsp3) is 0.0500. The zero-order valence-electron chi connectivity index (χ0n) is 16.2. The number of phenols is 1. The van der Waals surface area contributed by atoms with Crippen LogP contribution in [0.5, 0.6) is 11.5 Å². The highest BCUT2D eigenvalue weighted by atomic mass is 32.2. The average Bonchev–Trinajstić information content (AvgIpc) is 2.74. The van der Waals surface area contributed by atoms with Gasteiger partial charge in [-0.25, -0.2) is 8.42 Å². The van der Waals surface area contributed by atoms with Crippen LogP contribution in [0.2, 0.25) is 0 Å². The van der Waals surface area contributed by atoms with E-state index in [-0.39, 0.29) is 22.0 Å². The molecule has 0 saturated carbocycles. The summed E-state index contributed by atoms with van der Waals surface area (Å²) in [6.45, 7) is 0. The topological polar surface area (TPSA) is 143 Å². The first-order valence-electron chi connectivity index (χ1n) is 8.82. The third-order valence-electron chi connectivity index (χ3n) is 4.08. The Balaban J connectivity index is 1.92. The SMILES string of the molecule is COc1ccc(NS(=O)(=O)c2cc([N+](=O)[O-])ccc2N/N=C/c2cccc(O)c2)cc1. The summed E-state index contributed by atoms with van der Waals surface area (Å²) in [4.78, 5) is 10.1. The molecule has 3 aromatic rings. The molecule has 3 N–H and O–H groups in total. The van der Waals surface area contributed by atoms with Crippen LogP contribution in [0.15, 0.2) is 76.7 Å². The maximum absolute atomic E-state index is 12.9. The van der Waals surface area contributed by atoms with Crippen molar-refractivity contribution in [1.82, 2.24) is 0 Å². The maximum Gasteiger partial charge on any atom is 0.270 e. The molecule has 11 heteroatoms. The molecule has 0 aliphatic rings. The highest BCUT2D eigenvalue weighted by Gasteiger charge is 2.22. The number of hydrazone groups is 1. The smallest absolute Gasteiger partial charge is 0.270 e. The number of benzene rings is 3. The van der Waals surface area contributed by atoms with Gasteiger partial charge in [0.1, 0.15) is 16.4 Å². The molecule has 0 bridgehead atoms. The van der Waals surface area contributed by atoms with Crippen molar-refractivity contribution in [2.75, 3.05) is 17.3 Å². The van der Waals surface area contributed by atoms with Crippen LogP contribution in [0.25, 0.3) is 0 Å². The number of aromatic hydroxyl groups is 1. The number of anilines is 2. The summed E-state index contributed by atoms with van der Waals surface area (Å²) in [5, 5.41) is 24.6. The van der Waals surface area contributed by atoms with Crippen LogP contribution in [0.4, 0.5) is 17.1 Å². The minimum atomic E-state index is -4.19. The molecule has 3 rings (SSSR count). The second-order valence-corrected chi connectivity index (χ2v) is 7.89. The van der Waals surface area contributed by atoms with E-state index < -0.39 is 20.6 Å². The molecule has 0 amide bonds. The zero-order chi connectivity index (χ0) is 22.4. The molecule has 31 heavy (non-hydrogen) atoms. The fourth-order valence-electron chi connectivity index (χ4n) is 2.59. The molecule has 10 nitrogen and oxygen atoms in total. The molecule has 3 aromatic carbocycles. The van der Waals surface area contributed by atoms with Crippen LogP contribution >= 0.6 is 0 Å². The Morgan fingerprint density at radius 3 is 2.48 bits per heavy atom. The summed E-state index contributed by atoms with van der Waals surface area (Å²) in [7, 11) is -2.71.